The van der Waals surface area contributed by atoms with E-state index in [1.54, 1.807) is 11.3 Å². The molecule has 4 heterocycles. The number of thiophene rings is 1. The lowest BCUT2D eigenvalue weighted by Crippen LogP contribution is -2.13. The second kappa shape index (κ2) is 6.94. The zero-order valence-corrected chi connectivity index (χ0v) is 16.0. The molecule has 25 heavy (non-hydrogen) atoms. The Labute approximate surface area is 156 Å². The third-order valence-corrected chi connectivity index (χ3v) is 5.84. The molecule has 1 fully saturated rings. The Kier molecular flexibility index (Phi) is 4.67. The van der Waals surface area contributed by atoms with Crippen LogP contribution < -0.4 is 5.32 Å². The molecule has 1 saturated heterocycles. The van der Waals surface area contributed by atoms with Crippen molar-refractivity contribution in [3.8, 4) is 0 Å². The van der Waals surface area contributed by atoms with Crippen LogP contribution >= 0.6 is 22.9 Å². The van der Waals surface area contributed by atoms with Gasteiger partial charge in [0.15, 0.2) is 5.82 Å². The Morgan fingerprint density at radius 3 is 3.00 bits per heavy atom. The molecule has 1 N–H and O–H groups in total. The van der Waals surface area contributed by atoms with E-state index >= 15 is 0 Å². The average molecular weight is 377 g/mol. The number of halogens is 1. The summed E-state index contributed by atoms with van der Waals surface area (Å²) in [5.74, 6) is 0.774. The number of anilines is 1. The Bertz CT molecular complexity index is 884. The molecule has 0 saturated carbocycles. The van der Waals surface area contributed by atoms with E-state index in [4.69, 9.17) is 16.3 Å². The molecule has 0 bridgehead atoms. The largest absolute Gasteiger partial charge is 0.373 e. The molecule has 5 nitrogen and oxygen atoms in total. The fourth-order valence-corrected chi connectivity index (χ4v) is 4.45. The number of nitrogens with one attached hydrogen (secondary N) is 1. The summed E-state index contributed by atoms with van der Waals surface area (Å²) >= 11 is 7.91. The van der Waals surface area contributed by atoms with E-state index in [-0.39, 0.29) is 11.4 Å². The van der Waals surface area contributed by atoms with E-state index in [1.165, 1.54) is 22.4 Å². The molecule has 3 aromatic rings. The van der Waals surface area contributed by atoms with Crippen LogP contribution in [-0.4, -0.2) is 21.2 Å². The van der Waals surface area contributed by atoms with E-state index in [0.717, 1.165) is 43.0 Å². The van der Waals surface area contributed by atoms with E-state index in [2.05, 4.69) is 46.8 Å². The normalized spacial score (nSPS) is 18.0. The lowest BCUT2D eigenvalue weighted by atomic mass is 9.98. The van der Waals surface area contributed by atoms with Crippen molar-refractivity contribution in [2.75, 3.05) is 11.9 Å². The third kappa shape index (κ3) is 3.14. The van der Waals surface area contributed by atoms with Gasteiger partial charge in [-0.15, -0.1) is 16.4 Å². The van der Waals surface area contributed by atoms with Gasteiger partial charge >= 0.3 is 0 Å². The molecule has 1 aliphatic heterocycles. The minimum atomic E-state index is 0.138. The zero-order valence-electron chi connectivity index (χ0n) is 14.4. The van der Waals surface area contributed by atoms with Gasteiger partial charge in [0.05, 0.1) is 12.6 Å². The maximum absolute atomic E-state index is 6.19. The van der Waals surface area contributed by atoms with E-state index in [1.807, 2.05) is 4.52 Å². The van der Waals surface area contributed by atoms with Crippen LogP contribution in [0.1, 0.15) is 47.1 Å². The van der Waals surface area contributed by atoms with Gasteiger partial charge < -0.3 is 10.1 Å². The molecule has 132 valence electrons. The van der Waals surface area contributed by atoms with Crippen LogP contribution in [0, 0.1) is 13.8 Å². The summed E-state index contributed by atoms with van der Waals surface area (Å²) in [6.45, 7) is 5.76. The van der Waals surface area contributed by atoms with Crippen molar-refractivity contribution < 1.29 is 4.74 Å². The molecule has 1 atom stereocenters. The van der Waals surface area contributed by atoms with Crippen molar-refractivity contribution in [2.45, 2.75) is 45.8 Å². The molecule has 0 amide bonds. The molecular formula is C18H21ClN4OS. The second-order valence-corrected chi connectivity index (χ2v) is 7.77. The predicted molar refractivity (Wildman–Crippen MR) is 102 cm³/mol. The fourth-order valence-electron chi connectivity index (χ4n) is 3.64. The lowest BCUT2D eigenvalue weighted by molar-refractivity contribution is 0.0143. The molecule has 0 aliphatic carbocycles. The van der Waals surface area contributed by atoms with Gasteiger partial charge in [0.1, 0.15) is 5.52 Å². The van der Waals surface area contributed by atoms with Crippen LogP contribution in [0.15, 0.2) is 17.5 Å². The Balaban J connectivity index is 1.77. The molecule has 0 aromatic carbocycles. The second-order valence-electron chi connectivity index (χ2n) is 6.40. The predicted octanol–water partition coefficient (Wildman–Crippen LogP) is 4.91. The summed E-state index contributed by atoms with van der Waals surface area (Å²) in [4.78, 5) is 5.70. The highest BCUT2D eigenvalue weighted by Gasteiger charge is 2.26. The number of nitrogens with zero attached hydrogens (tertiary/aromatic N) is 3. The van der Waals surface area contributed by atoms with Crippen molar-refractivity contribution in [1.82, 2.24) is 14.6 Å². The minimum absolute atomic E-state index is 0.138. The van der Waals surface area contributed by atoms with Crippen molar-refractivity contribution >= 4 is 34.3 Å². The molecule has 4 rings (SSSR count). The SMILES string of the molecule is Cc1c(C2CCCCO2)c(C)n2nc(Cl)nc(NCc3cccs3)c12. The maximum atomic E-state index is 6.19. The van der Waals surface area contributed by atoms with Crippen LogP contribution in [-0.2, 0) is 11.3 Å². The molecule has 3 aromatic heterocycles. The number of aromatic nitrogens is 3. The molecule has 0 radical (unpaired) electrons. The minimum Gasteiger partial charge on any atom is -0.373 e. The Hall–Kier alpha value is -1.63. The first-order valence-electron chi connectivity index (χ1n) is 8.58. The van der Waals surface area contributed by atoms with Crippen LogP contribution in [0.4, 0.5) is 5.82 Å². The van der Waals surface area contributed by atoms with Crippen LogP contribution in [0.3, 0.4) is 0 Å². The van der Waals surface area contributed by atoms with Crippen LogP contribution in [0.25, 0.3) is 5.52 Å². The van der Waals surface area contributed by atoms with Gasteiger partial charge in [-0.3, -0.25) is 0 Å². The molecule has 0 spiro atoms. The smallest absolute Gasteiger partial charge is 0.243 e. The fraction of sp³-hybridized carbons (Fsp3) is 0.444. The number of aryl methyl sites for hydroxylation is 2. The Morgan fingerprint density at radius 2 is 2.28 bits per heavy atom. The van der Waals surface area contributed by atoms with Gasteiger partial charge in [0, 0.05) is 22.7 Å². The number of rotatable bonds is 4. The highest BCUT2D eigenvalue weighted by Crippen LogP contribution is 2.37. The van der Waals surface area contributed by atoms with Crippen molar-refractivity contribution in [1.29, 1.82) is 0 Å². The summed E-state index contributed by atoms with van der Waals surface area (Å²) < 4.78 is 7.94. The number of ether oxygens (including phenoxy) is 1. The first-order chi connectivity index (χ1) is 12.1. The first-order valence-corrected chi connectivity index (χ1v) is 9.84. The zero-order chi connectivity index (χ0) is 17.4. The topological polar surface area (TPSA) is 51.5 Å². The number of fused-ring (bicyclic) bond motifs is 1. The lowest BCUT2D eigenvalue weighted by Gasteiger charge is -2.23. The summed E-state index contributed by atoms with van der Waals surface area (Å²) in [7, 11) is 0. The highest BCUT2D eigenvalue weighted by molar-refractivity contribution is 7.09. The van der Waals surface area contributed by atoms with Gasteiger partial charge in [0.25, 0.3) is 0 Å². The van der Waals surface area contributed by atoms with Crippen molar-refractivity contribution in [3.05, 3.63) is 44.5 Å². The quantitative estimate of drug-likeness (QED) is 0.702. The van der Waals surface area contributed by atoms with E-state index < -0.39 is 0 Å². The summed E-state index contributed by atoms with van der Waals surface area (Å²) in [5.41, 5.74) is 4.48. The standard InChI is InChI=1S/C18H21ClN4OS/c1-11-15(14-7-3-4-8-24-14)12(2)23-16(11)17(21-18(19)22-23)20-10-13-6-5-9-25-13/h5-6,9,14H,3-4,7-8,10H2,1-2H3,(H,20,21,22). The number of hydrogen-bond acceptors (Lipinski definition) is 5. The maximum Gasteiger partial charge on any atom is 0.243 e. The highest BCUT2D eigenvalue weighted by atomic mass is 35.5. The third-order valence-electron chi connectivity index (χ3n) is 4.80. The number of hydrogen-bond donors (Lipinski definition) is 1. The molecule has 7 heteroatoms. The van der Waals surface area contributed by atoms with Gasteiger partial charge in [-0.05, 0) is 61.7 Å². The van der Waals surface area contributed by atoms with Gasteiger partial charge in [0.2, 0.25) is 5.28 Å². The Morgan fingerprint density at radius 1 is 1.40 bits per heavy atom. The molecule has 1 aliphatic rings. The summed E-state index contributed by atoms with van der Waals surface area (Å²) in [5, 5.41) is 10.2. The van der Waals surface area contributed by atoms with Crippen LogP contribution in [0.5, 0.6) is 0 Å². The van der Waals surface area contributed by atoms with Crippen LogP contribution in [0.2, 0.25) is 5.28 Å². The van der Waals surface area contributed by atoms with Crippen molar-refractivity contribution in [3.63, 3.8) is 0 Å². The monoisotopic (exact) mass is 376 g/mol. The molecular weight excluding hydrogens is 356 g/mol. The average Bonchev–Trinajstić information content (AvgIpc) is 3.21. The summed E-state index contributed by atoms with van der Waals surface area (Å²) in [6, 6.07) is 4.16. The molecule has 1 unspecified atom stereocenters. The van der Waals surface area contributed by atoms with E-state index in [9.17, 15) is 0 Å². The van der Waals surface area contributed by atoms with E-state index in [0.29, 0.717) is 0 Å². The van der Waals surface area contributed by atoms with Crippen molar-refractivity contribution in [2.24, 2.45) is 0 Å². The van der Waals surface area contributed by atoms with Gasteiger partial charge in [-0.1, -0.05) is 6.07 Å². The summed E-state index contributed by atoms with van der Waals surface area (Å²) in [6.07, 6.45) is 3.53. The first kappa shape index (κ1) is 16.8. The van der Waals surface area contributed by atoms with Gasteiger partial charge in [-0.2, -0.15) is 4.98 Å². The van der Waals surface area contributed by atoms with Gasteiger partial charge in [-0.25, -0.2) is 4.52 Å².